The van der Waals surface area contributed by atoms with Gasteiger partial charge in [-0.2, -0.15) is 0 Å². The summed E-state index contributed by atoms with van der Waals surface area (Å²) in [6.45, 7) is 2.02. The molecule has 16 heavy (non-hydrogen) atoms. The molecule has 2 aromatic rings. The van der Waals surface area contributed by atoms with Crippen LogP contribution in [0.4, 0.5) is 0 Å². The molecule has 0 aliphatic rings. The summed E-state index contributed by atoms with van der Waals surface area (Å²) >= 11 is 4.32. The minimum absolute atomic E-state index is 0.772. The predicted molar refractivity (Wildman–Crippen MR) is 68.2 cm³/mol. The van der Waals surface area contributed by atoms with Gasteiger partial charge in [-0.3, -0.25) is 0 Å². The van der Waals surface area contributed by atoms with Crippen molar-refractivity contribution in [1.29, 1.82) is 0 Å². The number of ether oxygens (including phenoxy) is 1. The van der Waals surface area contributed by atoms with E-state index in [1.165, 1.54) is 0 Å². The molecule has 1 aromatic carbocycles. The van der Waals surface area contributed by atoms with E-state index in [1.807, 2.05) is 37.3 Å². The summed E-state index contributed by atoms with van der Waals surface area (Å²) in [6.07, 6.45) is 1.77. The standard InChI is InChI=1S/C13H13NOS/c1-9-12(7-8-14-13(9)16)10-3-5-11(15-2)6-4-10/h3-8H,1-2H3,(H,14,16). The lowest BCUT2D eigenvalue weighted by atomic mass is 10.0. The summed E-state index contributed by atoms with van der Waals surface area (Å²) in [5, 5.41) is 0.772. The molecule has 0 atom stereocenters. The van der Waals surface area contributed by atoms with Crippen LogP contribution in [0.15, 0.2) is 41.6 Å². The molecule has 0 fully saturated rings. The minimum atomic E-state index is 0.772. The first kappa shape index (κ1) is 11.0. The van der Waals surface area contributed by atoms with E-state index in [2.05, 4.69) is 17.6 Å². The van der Waals surface area contributed by atoms with Gasteiger partial charge in [0.25, 0.3) is 0 Å². The van der Waals surface area contributed by atoms with E-state index in [9.17, 15) is 0 Å². The van der Waals surface area contributed by atoms with Gasteiger partial charge in [0.15, 0.2) is 0 Å². The van der Waals surface area contributed by atoms with Gasteiger partial charge in [-0.05, 0) is 41.8 Å². The van der Waals surface area contributed by atoms with Gasteiger partial charge in [0.2, 0.25) is 0 Å². The Morgan fingerprint density at radius 1 is 1.12 bits per heavy atom. The lowest BCUT2D eigenvalue weighted by Gasteiger charge is -2.08. The van der Waals surface area contributed by atoms with Crippen molar-refractivity contribution in [3.8, 4) is 16.9 Å². The third kappa shape index (κ3) is 2.04. The summed E-state index contributed by atoms with van der Waals surface area (Å²) in [7, 11) is 1.67. The van der Waals surface area contributed by atoms with Gasteiger partial charge in [0.05, 0.1) is 12.1 Å². The van der Waals surface area contributed by atoms with E-state index in [4.69, 9.17) is 4.74 Å². The second kappa shape index (κ2) is 4.58. The average Bonchev–Trinajstić information content (AvgIpc) is 2.33. The summed E-state index contributed by atoms with van der Waals surface area (Å²) in [4.78, 5) is 4.14. The highest BCUT2D eigenvalue weighted by molar-refractivity contribution is 7.80. The third-order valence-electron chi connectivity index (χ3n) is 2.58. The van der Waals surface area contributed by atoms with E-state index < -0.39 is 0 Å². The molecule has 0 unspecified atom stereocenters. The average molecular weight is 231 g/mol. The van der Waals surface area contributed by atoms with E-state index in [0.717, 1.165) is 27.5 Å². The Bertz CT molecular complexity index is 494. The van der Waals surface area contributed by atoms with Gasteiger partial charge in [0.1, 0.15) is 5.75 Å². The molecule has 0 aliphatic carbocycles. The van der Waals surface area contributed by atoms with Crippen LogP contribution < -0.4 is 4.74 Å². The Hall–Kier alpha value is -1.48. The smallest absolute Gasteiger partial charge is 0.118 e. The van der Waals surface area contributed by atoms with Crippen molar-refractivity contribution < 1.29 is 4.74 Å². The Kier molecular flexibility index (Phi) is 3.15. The molecule has 0 amide bonds. The monoisotopic (exact) mass is 231 g/mol. The fourth-order valence-corrected chi connectivity index (χ4v) is 1.80. The molecule has 1 aromatic heterocycles. The lowest BCUT2D eigenvalue weighted by Crippen LogP contribution is -1.88. The highest BCUT2D eigenvalue weighted by Gasteiger charge is 2.04. The molecule has 0 N–H and O–H groups in total. The first-order valence-corrected chi connectivity index (χ1v) is 5.46. The molecule has 0 bridgehead atoms. The van der Waals surface area contributed by atoms with Crippen molar-refractivity contribution in [2.75, 3.05) is 7.11 Å². The van der Waals surface area contributed by atoms with Gasteiger partial charge in [-0.1, -0.05) is 12.1 Å². The second-order valence-electron chi connectivity index (χ2n) is 3.54. The third-order valence-corrected chi connectivity index (χ3v) is 3.03. The summed E-state index contributed by atoms with van der Waals surface area (Å²) < 4.78 is 5.13. The first-order chi connectivity index (χ1) is 7.72. The minimum Gasteiger partial charge on any atom is -0.497 e. The van der Waals surface area contributed by atoms with Crippen LogP contribution in [-0.4, -0.2) is 12.1 Å². The van der Waals surface area contributed by atoms with E-state index in [0.29, 0.717) is 0 Å². The maximum atomic E-state index is 5.13. The Morgan fingerprint density at radius 3 is 2.44 bits per heavy atom. The Morgan fingerprint density at radius 2 is 1.81 bits per heavy atom. The van der Waals surface area contributed by atoms with E-state index >= 15 is 0 Å². The number of benzene rings is 1. The normalized spacial score (nSPS) is 10.2. The number of hydrogen-bond acceptors (Lipinski definition) is 3. The summed E-state index contributed by atoms with van der Waals surface area (Å²) in [6, 6.07) is 9.97. The second-order valence-corrected chi connectivity index (χ2v) is 3.96. The van der Waals surface area contributed by atoms with Gasteiger partial charge in [0, 0.05) is 6.20 Å². The SMILES string of the molecule is COc1ccc(-c2ccnc(S)c2C)cc1. The fourth-order valence-electron chi connectivity index (χ4n) is 1.61. The van der Waals surface area contributed by atoms with Gasteiger partial charge < -0.3 is 4.74 Å². The molecule has 0 saturated heterocycles. The van der Waals surface area contributed by atoms with Crippen LogP contribution in [0.3, 0.4) is 0 Å². The fraction of sp³-hybridized carbons (Fsp3) is 0.154. The van der Waals surface area contributed by atoms with Crippen molar-refractivity contribution in [3.63, 3.8) is 0 Å². The number of thiol groups is 1. The zero-order chi connectivity index (χ0) is 11.5. The topological polar surface area (TPSA) is 22.1 Å². The van der Waals surface area contributed by atoms with Crippen LogP contribution >= 0.6 is 12.6 Å². The van der Waals surface area contributed by atoms with Crippen LogP contribution in [0.2, 0.25) is 0 Å². The van der Waals surface area contributed by atoms with E-state index in [1.54, 1.807) is 13.3 Å². The molecular formula is C13H13NOS. The summed E-state index contributed by atoms with van der Waals surface area (Å²) in [5.74, 6) is 0.863. The molecule has 3 heteroatoms. The molecule has 2 nitrogen and oxygen atoms in total. The summed E-state index contributed by atoms with van der Waals surface area (Å²) in [5.41, 5.74) is 3.40. The largest absolute Gasteiger partial charge is 0.497 e. The number of nitrogens with zero attached hydrogens (tertiary/aromatic N) is 1. The quantitative estimate of drug-likeness (QED) is 0.801. The number of methoxy groups -OCH3 is 1. The molecule has 2 rings (SSSR count). The van der Waals surface area contributed by atoms with Gasteiger partial charge >= 0.3 is 0 Å². The highest BCUT2D eigenvalue weighted by atomic mass is 32.1. The van der Waals surface area contributed by atoms with Crippen LogP contribution in [0.1, 0.15) is 5.56 Å². The van der Waals surface area contributed by atoms with Crippen molar-refractivity contribution in [1.82, 2.24) is 4.98 Å². The Balaban J connectivity index is 2.46. The zero-order valence-corrected chi connectivity index (χ0v) is 10.2. The van der Waals surface area contributed by atoms with Crippen molar-refractivity contribution in [2.24, 2.45) is 0 Å². The lowest BCUT2D eigenvalue weighted by molar-refractivity contribution is 0.415. The molecule has 0 spiro atoms. The highest BCUT2D eigenvalue weighted by Crippen LogP contribution is 2.27. The van der Waals surface area contributed by atoms with Gasteiger partial charge in [-0.15, -0.1) is 12.6 Å². The van der Waals surface area contributed by atoms with Crippen molar-refractivity contribution in [2.45, 2.75) is 11.9 Å². The number of pyridine rings is 1. The zero-order valence-electron chi connectivity index (χ0n) is 9.27. The van der Waals surface area contributed by atoms with E-state index in [-0.39, 0.29) is 0 Å². The van der Waals surface area contributed by atoms with Crippen LogP contribution in [0.5, 0.6) is 5.75 Å². The van der Waals surface area contributed by atoms with Gasteiger partial charge in [-0.25, -0.2) is 4.98 Å². The molecule has 0 aliphatic heterocycles. The van der Waals surface area contributed by atoms with Crippen LogP contribution in [0.25, 0.3) is 11.1 Å². The number of aromatic nitrogens is 1. The Labute approximate surface area is 101 Å². The molecule has 0 radical (unpaired) electrons. The number of hydrogen-bond donors (Lipinski definition) is 1. The van der Waals surface area contributed by atoms with Crippen molar-refractivity contribution >= 4 is 12.6 Å². The van der Waals surface area contributed by atoms with Crippen LogP contribution in [0, 0.1) is 6.92 Å². The maximum absolute atomic E-state index is 5.13. The number of rotatable bonds is 2. The molecule has 0 saturated carbocycles. The maximum Gasteiger partial charge on any atom is 0.118 e. The molecular weight excluding hydrogens is 218 g/mol. The predicted octanol–water partition coefficient (Wildman–Crippen LogP) is 3.35. The molecule has 82 valence electrons. The van der Waals surface area contributed by atoms with Crippen LogP contribution in [-0.2, 0) is 0 Å². The van der Waals surface area contributed by atoms with Crippen molar-refractivity contribution in [3.05, 3.63) is 42.1 Å². The first-order valence-electron chi connectivity index (χ1n) is 5.01. The molecule has 1 heterocycles.